The van der Waals surface area contributed by atoms with E-state index in [2.05, 4.69) is 76.8 Å². The molecular weight excluding hydrogens is 416 g/mol. The molecule has 1 aliphatic rings. The van der Waals surface area contributed by atoms with Crippen LogP contribution in [0.1, 0.15) is 74.0 Å². The molecule has 1 aromatic carbocycles. The molecule has 0 amide bonds. The highest BCUT2D eigenvalue weighted by atomic mass is 79.9. The summed E-state index contributed by atoms with van der Waals surface area (Å²) >= 11 is 5.59. The molecule has 0 fully saturated rings. The van der Waals surface area contributed by atoms with Gasteiger partial charge in [-0.15, -0.1) is 11.3 Å². The van der Waals surface area contributed by atoms with Crippen molar-refractivity contribution in [2.24, 2.45) is 5.92 Å². The van der Waals surface area contributed by atoms with E-state index in [-0.39, 0.29) is 6.10 Å². The Morgan fingerprint density at radius 1 is 1.22 bits per heavy atom. The quantitative estimate of drug-likeness (QED) is 0.388. The lowest BCUT2D eigenvalue weighted by atomic mass is 9.91. The van der Waals surface area contributed by atoms with Crippen molar-refractivity contribution in [3.63, 3.8) is 0 Å². The first-order valence-corrected chi connectivity index (χ1v) is 11.7. The predicted octanol–water partition coefficient (Wildman–Crippen LogP) is 7.98. The molecule has 0 aliphatic heterocycles. The molecule has 27 heavy (non-hydrogen) atoms. The van der Waals surface area contributed by atoms with E-state index < -0.39 is 0 Å². The highest BCUT2D eigenvalue weighted by molar-refractivity contribution is 9.11. The highest BCUT2D eigenvalue weighted by Crippen LogP contribution is 2.43. The van der Waals surface area contributed by atoms with Crippen molar-refractivity contribution in [1.82, 2.24) is 0 Å². The summed E-state index contributed by atoms with van der Waals surface area (Å²) in [7, 11) is 0. The van der Waals surface area contributed by atoms with Gasteiger partial charge in [0.25, 0.3) is 0 Å². The number of aliphatic hydroxyl groups excluding tert-OH is 1. The maximum atomic E-state index is 10.4. The van der Waals surface area contributed by atoms with Crippen LogP contribution in [0.2, 0.25) is 0 Å². The van der Waals surface area contributed by atoms with Crippen LogP contribution >= 0.6 is 27.3 Å². The second-order valence-electron chi connectivity index (χ2n) is 7.34. The van der Waals surface area contributed by atoms with Gasteiger partial charge in [-0.3, -0.25) is 0 Å². The molecule has 1 heterocycles. The predicted molar refractivity (Wildman–Crippen MR) is 122 cm³/mol. The molecule has 0 spiro atoms. The highest BCUT2D eigenvalue weighted by Gasteiger charge is 2.24. The van der Waals surface area contributed by atoms with E-state index in [0.717, 1.165) is 31.2 Å². The van der Waals surface area contributed by atoms with Crippen LogP contribution in [0, 0.1) is 5.92 Å². The minimum absolute atomic E-state index is 0.337. The van der Waals surface area contributed by atoms with Gasteiger partial charge in [-0.2, -0.15) is 0 Å². The van der Waals surface area contributed by atoms with E-state index >= 15 is 0 Å². The normalized spacial score (nSPS) is 18.6. The Labute approximate surface area is 176 Å². The Hall–Kier alpha value is -1.16. The minimum Gasteiger partial charge on any atom is -0.388 e. The zero-order valence-corrected chi connectivity index (χ0v) is 18.4. The molecule has 2 atom stereocenters. The molecule has 1 aromatic heterocycles. The van der Waals surface area contributed by atoms with Crippen molar-refractivity contribution in [3.8, 4) is 0 Å². The van der Waals surface area contributed by atoms with Crippen LogP contribution in [-0.4, -0.2) is 5.11 Å². The van der Waals surface area contributed by atoms with Crippen LogP contribution in [0.25, 0.3) is 11.6 Å². The Morgan fingerprint density at radius 2 is 2.04 bits per heavy atom. The van der Waals surface area contributed by atoms with E-state index in [9.17, 15) is 5.11 Å². The summed E-state index contributed by atoms with van der Waals surface area (Å²) in [5.41, 5.74) is 3.77. The topological polar surface area (TPSA) is 20.2 Å². The maximum Gasteiger partial charge on any atom is 0.0790 e. The summed E-state index contributed by atoms with van der Waals surface area (Å²) in [6, 6.07) is 12.9. The largest absolute Gasteiger partial charge is 0.388 e. The van der Waals surface area contributed by atoms with Gasteiger partial charge >= 0.3 is 0 Å². The molecule has 0 bridgehead atoms. The summed E-state index contributed by atoms with van der Waals surface area (Å²) in [6.07, 6.45) is 11.9. The Morgan fingerprint density at radius 3 is 2.74 bits per heavy atom. The van der Waals surface area contributed by atoms with Gasteiger partial charge in [0.1, 0.15) is 0 Å². The fraction of sp³-hybridized carbons (Fsp3) is 0.417. The van der Waals surface area contributed by atoms with Gasteiger partial charge in [0, 0.05) is 4.88 Å². The fourth-order valence-electron chi connectivity index (χ4n) is 3.80. The molecule has 1 N–H and O–H groups in total. The average Bonchev–Trinajstić information content (AvgIpc) is 3.32. The van der Waals surface area contributed by atoms with Crippen molar-refractivity contribution >= 4 is 38.9 Å². The Bertz CT molecular complexity index is 758. The van der Waals surface area contributed by atoms with Crippen LogP contribution in [0.3, 0.4) is 0 Å². The molecule has 0 saturated heterocycles. The van der Waals surface area contributed by atoms with Crippen molar-refractivity contribution in [2.75, 3.05) is 0 Å². The molecule has 3 heteroatoms. The summed E-state index contributed by atoms with van der Waals surface area (Å²) in [5, 5.41) is 12.5. The molecule has 0 radical (unpaired) electrons. The molecule has 1 unspecified atom stereocenters. The zero-order valence-electron chi connectivity index (χ0n) is 16.0. The Balaban J connectivity index is 1.65. The molecule has 1 nitrogen and oxygen atoms in total. The number of rotatable bonds is 9. The van der Waals surface area contributed by atoms with Crippen LogP contribution in [0.15, 0.2) is 52.3 Å². The third kappa shape index (κ3) is 5.66. The molecule has 144 valence electrons. The lowest BCUT2D eigenvalue weighted by Crippen LogP contribution is -2.00. The maximum absolute atomic E-state index is 10.4. The molecule has 3 rings (SSSR count). The second kappa shape index (κ2) is 10.4. The number of allylic oxidation sites excluding steroid dienone is 3. The first-order valence-electron chi connectivity index (χ1n) is 10.1. The summed E-state index contributed by atoms with van der Waals surface area (Å²) in [6.45, 7) is 2.19. The third-order valence-electron chi connectivity index (χ3n) is 5.35. The molecular formula is C24H29BrOS. The number of hydrogen-bond donors (Lipinski definition) is 1. The van der Waals surface area contributed by atoms with Gasteiger partial charge in [0.15, 0.2) is 0 Å². The average molecular weight is 445 g/mol. The lowest BCUT2D eigenvalue weighted by Gasteiger charge is -2.16. The molecule has 0 saturated carbocycles. The zero-order chi connectivity index (χ0) is 19.1. The smallest absolute Gasteiger partial charge is 0.0790 e. The SMILES string of the molecule is CCCCCC(O)c1ccc(C2=C(Br)CC[C@@H]2C/C=C/c2cccs2)cc1. The van der Waals surface area contributed by atoms with Crippen molar-refractivity contribution in [1.29, 1.82) is 0 Å². The number of halogens is 1. The number of thiophene rings is 1. The van der Waals surface area contributed by atoms with E-state index in [1.54, 1.807) is 11.3 Å². The van der Waals surface area contributed by atoms with Crippen molar-refractivity contribution in [2.45, 2.75) is 58.0 Å². The first kappa shape index (κ1) is 20.6. The summed E-state index contributed by atoms with van der Waals surface area (Å²) in [5.74, 6) is 0.566. The van der Waals surface area contributed by atoms with Gasteiger partial charge in [-0.05, 0) is 70.3 Å². The number of unbranched alkanes of at least 4 members (excludes halogenated alkanes) is 2. The van der Waals surface area contributed by atoms with Gasteiger partial charge in [-0.1, -0.05) is 78.5 Å². The fourth-order valence-corrected chi connectivity index (χ4v) is 5.23. The van der Waals surface area contributed by atoms with E-state index in [0.29, 0.717) is 5.92 Å². The van der Waals surface area contributed by atoms with Crippen LogP contribution < -0.4 is 0 Å². The first-order chi connectivity index (χ1) is 13.2. The van der Waals surface area contributed by atoms with E-state index in [1.807, 2.05) is 0 Å². The van der Waals surface area contributed by atoms with E-state index in [4.69, 9.17) is 0 Å². The third-order valence-corrected chi connectivity index (χ3v) is 7.01. The van der Waals surface area contributed by atoms with Crippen LogP contribution in [-0.2, 0) is 0 Å². The van der Waals surface area contributed by atoms with E-state index in [1.165, 1.54) is 39.8 Å². The standard InChI is InChI=1S/C24H29BrOS/c1-2-3-4-10-23(26)18-11-13-20(14-12-18)24-19(15-16-22(24)25)7-5-8-21-9-6-17-27-21/h5-6,8-9,11-14,17,19,23,26H,2-4,7,10,15-16H2,1H3/b8-5+/t19-,23?/m0/s1. The summed E-state index contributed by atoms with van der Waals surface area (Å²) in [4.78, 5) is 1.32. The number of hydrogen-bond acceptors (Lipinski definition) is 2. The summed E-state index contributed by atoms with van der Waals surface area (Å²) < 4.78 is 1.34. The minimum atomic E-state index is -0.337. The second-order valence-corrected chi connectivity index (χ2v) is 9.28. The van der Waals surface area contributed by atoms with Crippen molar-refractivity contribution in [3.05, 3.63) is 68.3 Å². The van der Waals surface area contributed by atoms with Crippen LogP contribution in [0.5, 0.6) is 0 Å². The molecule has 2 aromatic rings. The lowest BCUT2D eigenvalue weighted by molar-refractivity contribution is 0.163. The van der Waals surface area contributed by atoms with Gasteiger partial charge < -0.3 is 5.11 Å². The molecule has 1 aliphatic carbocycles. The van der Waals surface area contributed by atoms with Gasteiger partial charge in [-0.25, -0.2) is 0 Å². The number of benzene rings is 1. The van der Waals surface area contributed by atoms with Crippen LogP contribution in [0.4, 0.5) is 0 Å². The Kier molecular flexibility index (Phi) is 7.93. The van der Waals surface area contributed by atoms with Gasteiger partial charge in [0.05, 0.1) is 6.10 Å². The van der Waals surface area contributed by atoms with Crippen molar-refractivity contribution < 1.29 is 5.11 Å². The number of aliphatic hydroxyl groups is 1. The van der Waals surface area contributed by atoms with Gasteiger partial charge in [0.2, 0.25) is 0 Å². The monoisotopic (exact) mass is 444 g/mol.